The molecule has 0 saturated carbocycles. The Labute approximate surface area is 145 Å². The molecule has 0 spiro atoms. The van der Waals surface area contributed by atoms with Crippen LogP contribution in [-0.2, 0) is 19.1 Å². The van der Waals surface area contributed by atoms with E-state index in [9.17, 15) is 18.8 Å². The van der Waals surface area contributed by atoms with Crippen LogP contribution in [0.3, 0.4) is 0 Å². The molecule has 1 aromatic rings. The number of hydrogen-bond donors (Lipinski definition) is 3. The van der Waals surface area contributed by atoms with Gasteiger partial charge in [-0.3, -0.25) is 14.4 Å². The van der Waals surface area contributed by atoms with Gasteiger partial charge >= 0.3 is 5.97 Å². The van der Waals surface area contributed by atoms with E-state index in [2.05, 4.69) is 10.6 Å². The number of nitrogens with one attached hydrogen (secondary N) is 2. The molecule has 0 aliphatic heterocycles. The number of ether oxygens (including phenoxy) is 1. The fourth-order valence-corrected chi connectivity index (χ4v) is 1.83. The van der Waals surface area contributed by atoms with Crippen molar-refractivity contribution in [3.8, 4) is 0 Å². The molecule has 0 aliphatic carbocycles. The van der Waals surface area contributed by atoms with Gasteiger partial charge in [0.2, 0.25) is 11.8 Å². The molecule has 4 N–H and O–H groups in total. The highest BCUT2D eigenvalue weighted by Crippen LogP contribution is 2.18. The molecule has 1 unspecified atom stereocenters. The Hall–Kier alpha value is -2.19. The van der Waals surface area contributed by atoms with Gasteiger partial charge in [0.15, 0.2) is 0 Å². The number of nitrogens with two attached hydrogens (primary N) is 1. The molecule has 0 heterocycles. The van der Waals surface area contributed by atoms with E-state index in [1.807, 2.05) is 0 Å². The lowest BCUT2D eigenvalue weighted by molar-refractivity contribution is -0.144. The van der Waals surface area contributed by atoms with Crippen molar-refractivity contribution < 1.29 is 23.5 Å². The van der Waals surface area contributed by atoms with Gasteiger partial charge in [0.1, 0.15) is 5.82 Å². The van der Waals surface area contributed by atoms with Gasteiger partial charge in [0.25, 0.3) is 0 Å². The number of benzene rings is 1. The van der Waals surface area contributed by atoms with Gasteiger partial charge in [0.05, 0.1) is 32.2 Å². The first-order valence-electron chi connectivity index (χ1n) is 7.13. The molecule has 0 aliphatic rings. The van der Waals surface area contributed by atoms with Crippen LogP contribution < -0.4 is 16.4 Å². The lowest BCUT2D eigenvalue weighted by Gasteiger charge is -2.18. The van der Waals surface area contributed by atoms with Crippen LogP contribution in [0.2, 0.25) is 0 Å². The third kappa shape index (κ3) is 7.89. The molecule has 7 nitrogen and oxygen atoms in total. The maximum atomic E-state index is 13.0. The molecule has 1 aromatic carbocycles. The van der Waals surface area contributed by atoms with Crippen molar-refractivity contribution in [2.75, 3.05) is 19.7 Å². The summed E-state index contributed by atoms with van der Waals surface area (Å²) in [7, 11) is 0. The Morgan fingerprint density at radius 2 is 1.83 bits per heavy atom. The van der Waals surface area contributed by atoms with Crippen molar-refractivity contribution in [1.29, 1.82) is 0 Å². The maximum Gasteiger partial charge on any atom is 0.308 e. The van der Waals surface area contributed by atoms with E-state index in [0.29, 0.717) is 5.56 Å². The van der Waals surface area contributed by atoms with Crippen molar-refractivity contribution >= 4 is 30.2 Å². The Bertz CT molecular complexity index is 554. The number of hydrogen-bond acceptors (Lipinski definition) is 5. The summed E-state index contributed by atoms with van der Waals surface area (Å²) in [5, 5.41) is 4.93. The molecular formula is C15H21ClFN3O4. The highest BCUT2D eigenvalue weighted by molar-refractivity contribution is 5.86. The van der Waals surface area contributed by atoms with Gasteiger partial charge in [-0.05, 0) is 24.6 Å². The van der Waals surface area contributed by atoms with E-state index in [1.165, 1.54) is 24.3 Å². The maximum absolute atomic E-state index is 13.0. The third-order valence-electron chi connectivity index (χ3n) is 2.92. The molecule has 134 valence electrons. The first-order valence-corrected chi connectivity index (χ1v) is 7.13. The van der Waals surface area contributed by atoms with E-state index in [-0.39, 0.29) is 38.5 Å². The zero-order chi connectivity index (χ0) is 17.2. The van der Waals surface area contributed by atoms with Crippen LogP contribution in [-0.4, -0.2) is 37.5 Å². The van der Waals surface area contributed by atoms with Crippen molar-refractivity contribution in [3.63, 3.8) is 0 Å². The molecule has 24 heavy (non-hydrogen) atoms. The third-order valence-corrected chi connectivity index (χ3v) is 2.92. The van der Waals surface area contributed by atoms with E-state index in [1.54, 1.807) is 6.92 Å². The number of halogens is 2. The fraction of sp³-hybridized carbons (Fsp3) is 0.400. The standard InChI is InChI=1S/C15H20FN3O4.ClH/c1-2-23-15(22)7-12(10-3-5-11(16)6-4-10)19-14(21)9-18-13(20)8-17;/h3-6,12H,2,7-9,17H2,1H3,(H,18,20)(H,19,21);1H. The van der Waals surface area contributed by atoms with E-state index >= 15 is 0 Å². The van der Waals surface area contributed by atoms with E-state index < -0.39 is 29.6 Å². The van der Waals surface area contributed by atoms with Gasteiger partial charge in [-0.1, -0.05) is 12.1 Å². The van der Waals surface area contributed by atoms with Crippen molar-refractivity contribution in [3.05, 3.63) is 35.6 Å². The fourth-order valence-electron chi connectivity index (χ4n) is 1.83. The van der Waals surface area contributed by atoms with E-state index in [0.717, 1.165) is 0 Å². The molecule has 1 atom stereocenters. The molecule has 0 radical (unpaired) electrons. The van der Waals surface area contributed by atoms with Crippen LogP contribution in [0.1, 0.15) is 24.9 Å². The molecule has 9 heteroatoms. The van der Waals surface area contributed by atoms with Crippen molar-refractivity contribution in [2.24, 2.45) is 5.73 Å². The Balaban J connectivity index is 0.00000529. The summed E-state index contributed by atoms with van der Waals surface area (Å²) < 4.78 is 17.9. The monoisotopic (exact) mass is 361 g/mol. The predicted molar refractivity (Wildman–Crippen MR) is 87.8 cm³/mol. The van der Waals surface area contributed by atoms with Crippen LogP contribution in [0.15, 0.2) is 24.3 Å². The zero-order valence-electron chi connectivity index (χ0n) is 13.2. The molecule has 0 fully saturated rings. The summed E-state index contributed by atoms with van der Waals surface area (Å²) >= 11 is 0. The topological polar surface area (TPSA) is 111 Å². The quantitative estimate of drug-likeness (QED) is 0.582. The number of carbonyl (C=O) groups excluding carboxylic acids is 3. The highest BCUT2D eigenvalue weighted by Gasteiger charge is 2.19. The minimum absolute atomic E-state index is 0. The van der Waals surface area contributed by atoms with Crippen LogP contribution in [0, 0.1) is 5.82 Å². The minimum Gasteiger partial charge on any atom is -0.466 e. The second-order valence-corrected chi connectivity index (χ2v) is 4.66. The minimum atomic E-state index is -0.683. The number of carbonyl (C=O) groups is 3. The number of amides is 2. The van der Waals surface area contributed by atoms with Crippen LogP contribution in [0.5, 0.6) is 0 Å². The smallest absolute Gasteiger partial charge is 0.308 e. The molecular weight excluding hydrogens is 341 g/mol. The van der Waals surface area contributed by atoms with Crippen molar-refractivity contribution in [1.82, 2.24) is 10.6 Å². The SMILES string of the molecule is CCOC(=O)CC(NC(=O)CNC(=O)CN)c1ccc(F)cc1.Cl. The van der Waals surface area contributed by atoms with Gasteiger partial charge in [-0.15, -0.1) is 12.4 Å². The Morgan fingerprint density at radius 3 is 2.38 bits per heavy atom. The van der Waals surface area contributed by atoms with Gasteiger partial charge in [-0.25, -0.2) is 4.39 Å². The summed E-state index contributed by atoms with van der Waals surface area (Å²) in [4.78, 5) is 34.6. The molecule has 0 bridgehead atoms. The Morgan fingerprint density at radius 1 is 1.21 bits per heavy atom. The Kier molecular flexibility index (Phi) is 10.3. The lowest BCUT2D eigenvalue weighted by atomic mass is 10.0. The molecule has 2 amide bonds. The van der Waals surface area contributed by atoms with Crippen LogP contribution in [0.4, 0.5) is 4.39 Å². The van der Waals surface area contributed by atoms with Crippen molar-refractivity contribution in [2.45, 2.75) is 19.4 Å². The second-order valence-electron chi connectivity index (χ2n) is 4.66. The van der Waals surface area contributed by atoms with Crippen LogP contribution >= 0.6 is 12.4 Å². The first kappa shape index (κ1) is 21.8. The van der Waals surface area contributed by atoms with Gasteiger partial charge in [0, 0.05) is 0 Å². The summed E-state index contributed by atoms with van der Waals surface area (Å²) in [5.41, 5.74) is 5.68. The largest absolute Gasteiger partial charge is 0.466 e. The number of rotatable bonds is 8. The first-order chi connectivity index (χ1) is 11.0. The van der Waals surface area contributed by atoms with Gasteiger partial charge < -0.3 is 21.1 Å². The molecule has 0 aromatic heterocycles. The summed E-state index contributed by atoms with van der Waals surface area (Å²) in [6.45, 7) is 1.40. The van der Waals surface area contributed by atoms with Crippen LogP contribution in [0.25, 0.3) is 0 Å². The second kappa shape index (κ2) is 11.4. The molecule has 1 rings (SSSR count). The normalized spacial score (nSPS) is 11.0. The van der Waals surface area contributed by atoms with E-state index in [4.69, 9.17) is 10.5 Å². The highest BCUT2D eigenvalue weighted by atomic mass is 35.5. The number of esters is 1. The predicted octanol–water partition coefficient (Wildman–Crippen LogP) is 0.433. The average Bonchev–Trinajstić information content (AvgIpc) is 2.53. The lowest BCUT2D eigenvalue weighted by Crippen LogP contribution is -2.41. The summed E-state index contributed by atoms with van der Waals surface area (Å²) in [5.74, 6) is -1.88. The average molecular weight is 362 g/mol. The zero-order valence-corrected chi connectivity index (χ0v) is 14.0. The summed E-state index contributed by atoms with van der Waals surface area (Å²) in [6.07, 6.45) is -0.101. The molecule has 0 saturated heterocycles. The summed E-state index contributed by atoms with van der Waals surface area (Å²) in [6, 6.07) is 4.72. The van der Waals surface area contributed by atoms with Gasteiger partial charge in [-0.2, -0.15) is 0 Å².